The van der Waals surface area contributed by atoms with Gasteiger partial charge >= 0.3 is 0 Å². The van der Waals surface area contributed by atoms with Gasteiger partial charge in [0.05, 0.1) is 0 Å². The summed E-state index contributed by atoms with van der Waals surface area (Å²) in [5.74, 6) is 1.13. The molecule has 110 valence electrons. The number of halogens is 3. The van der Waals surface area contributed by atoms with E-state index in [1.165, 1.54) is 12.1 Å². The van der Waals surface area contributed by atoms with Crippen molar-refractivity contribution in [1.82, 2.24) is 0 Å². The smallest absolute Gasteiger partial charge is 0.162 e. The topological polar surface area (TPSA) is 18.5 Å². The average Bonchev–Trinajstić information content (AvgIpc) is 2.46. The number of ether oxygens (including phenoxy) is 2. The maximum Gasteiger partial charge on any atom is 0.162 e. The Morgan fingerprint density at radius 2 is 1.86 bits per heavy atom. The van der Waals surface area contributed by atoms with Gasteiger partial charge in [-0.1, -0.05) is 39.7 Å². The summed E-state index contributed by atoms with van der Waals surface area (Å²) >= 11 is 9.94. The zero-order valence-electron chi connectivity index (χ0n) is 11.1. The molecule has 2 aromatic rings. The minimum atomic E-state index is -0.236. The van der Waals surface area contributed by atoms with Gasteiger partial charge in [0.25, 0.3) is 0 Å². The lowest BCUT2D eigenvalue weighted by Crippen LogP contribution is -2.15. The van der Waals surface area contributed by atoms with Crippen LogP contribution in [0.1, 0.15) is 16.0 Å². The molecule has 0 fully saturated rings. The fourth-order valence-corrected chi connectivity index (χ4v) is 3.47. The summed E-state index contributed by atoms with van der Waals surface area (Å²) in [5.41, 5.74) is 1.81. The third kappa shape index (κ3) is 3.33. The fraction of sp³-hybridized carbons (Fsp3) is 0.250. The summed E-state index contributed by atoms with van der Waals surface area (Å²) in [6.07, 6.45) is 0.636. The first kappa shape index (κ1) is 14.7. The van der Waals surface area contributed by atoms with Crippen molar-refractivity contribution < 1.29 is 13.9 Å². The maximum absolute atomic E-state index is 13.2. The Balaban J connectivity index is 1.85. The Hall–Kier alpha value is -1.26. The van der Waals surface area contributed by atoms with Gasteiger partial charge in [0.1, 0.15) is 19.0 Å². The van der Waals surface area contributed by atoms with Gasteiger partial charge < -0.3 is 9.47 Å². The molecular weight excluding hydrogens is 359 g/mol. The second-order valence-corrected chi connectivity index (χ2v) is 6.33. The second-order valence-electron chi connectivity index (χ2n) is 4.82. The molecule has 2 aromatic carbocycles. The molecule has 0 amide bonds. The molecule has 1 aliphatic heterocycles. The van der Waals surface area contributed by atoms with E-state index in [1.54, 1.807) is 12.1 Å². The first-order chi connectivity index (χ1) is 10.1. The van der Waals surface area contributed by atoms with E-state index >= 15 is 0 Å². The van der Waals surface area contributed by atoms with E-state index in [1.807, 2.05) is 12.1 Å². The summed E-state index contributed by atoms with van der Waals surface area (Å²) in [6.45, 7) is 1.06. The Morgan fingerprint density at radius 1 is 1.14 bits per heavy atom. The van der Waals surface area contributed by atoms with E-state index in [-0.39, 0.29) is 10.6 Å². The number of fused-ring (bicyclic) bond motifs is 1. The van der Waals surface area contributed by atoms with Gasteiger partial charge in [-0.3, -0.25) is 0 Å². The largest absolute Gasteiger partial charge is 0.486 e. The normalized spacial score (nSPS) is 14.8. The molecule has 3 rings (SSSR count). The molecule has 0 aromatic heterocycles. The minimum Gasteiger partial charge on any atom is -0.486 e. The third-order valence-corrected chi connectivity index (χ3v) is 4.45. The van der Waals surface area contributed by atoms with Gasteiger partial charge in [0.2, 0.25) is 0 Å². The summed E-state index contributed by atoms with van der Waals surface area (Å²) < 4.78 is 24.3. The summed E-state index contributed by atoms with van der Waals surface area (Å²) in [5, 5.41) is 0.609. The molecule has 2 nitrogen and oxygen atoms in total. The molecule has 1 heterocycles. The summed E-state index contributed by atoms with van der Waals surface area (Å²) in [6, 6.07) is 10.2. The lowest BCUT2D eigenvalue weighted by atomic mass is 10.0. The van der Waals surface area contributed by atoms with Crippen LogP contribution in [-0.4, -0.2) is 13.2 Å². The van der Waals surface area contributed by atoms with Gasteiger partial charge in [-0.2, -0.15) is 0 Å². The highest BCUT2D eigenvalue weighted by molar-refractivity contribution is 9.09. The van der Waals surface area contributed by atoms with E-state index in [4.69, 9.17) is 21.1 Å². The Labute approximate surface area is 136 Å². The molecule has 0 radical (unpaired) electrons. The van der Waals surface area contributed by atoms with E-state index in [2.05, 4.69) is 15.9 Å². The minimum absolute atomic E-state index is 0.0253. The van der Waals surface area contributed by atoms with Crippen LogP contribution in [0.15, 0.2) is 36.4 Å². The van der Waals surface area contributed by atoms with E-state index in [0.29, 0.717) is 36.2 Å². The number of rotatable bonds is 3. The van der Waals surface area contributed by atoms with Crippen LogP contribution in [0.2, 0.25) is 5.02 Å². The van der Waals surface area contributed by atoms with Crippen molar-refractivity contribution in [2.75, 3.05) is 13.2 Å². The van der Waals surface area contributed by atoms with Gasteiger partial charge in [-0.05, 0) is 35.7 Å². The van der Waals surface area contributed by atoms with Crippen molar-refractivity contribution >= 4 is 27.5 Å². The van der Waals surface area contributed by atoms with Gasteiger partial charge in [-0.15, -0.1) is 0 Å². The fourth-order valence-electron chi connectivity index (χ4n) is 2.30. The summed E-state index contributed by atoms with van der Waals surface area (Å²) in [7, 11) is 0. The third-order valence-electron chi connectivity index (χ3n) is 3.30. The van der Waals surface area contributed by atoms with Crippen LogP contribution in [0.3, 0.4) is 0 Å². The van der Waals surface area contributed by atoms with E-state index in [9.17, 15) is 4.39 Å². The van der Waals surface area contributed by atoms with Crippen LogP contribution >= 0.6 is 27.5 Å². The van der Waals surface area contributed by atoms with Crippen LogP contribution in [0, 0.1) is 5.82 Å². The highest BCUT2D eigenvalue weighted by atomic mass is 79.9. The molecule has 21 heavy (non-hydrogen) atoms. The maximum atomic E-state index is 13.2. The van der Waals surface area contributed by atoms with Crippen LogP contribution in [0.4, 0.5) is 4.39 Å². The van der Waals surface area contributed by atoms with Gasteiger partial charge in [0.15, 0.2) is 11.5 Å². The molecule has 1 aliphatic rings. The van der Waals surface area contributed by atoms with Crippen molar-refractivity contribution in [2.45, 2.75) is 11.2 Å². The monoisotopic (exact) mass is 370 g/mol. The highest BCUT2D eigenvalue weighted by Crippen LogP contribution is 2.41. The SMILES string of the molecule is Fc1cccc(CC(Br)c2cc3c(cc2Cl)OCCO3)c1. The predicted molar refractivity (Wildman–Crippen MR) is 84.2 cm³/mol. The van der Waals surface area contributed by atoms with Crippen molar-refractivity contribution in [3.63, 3.8) is 0 Å². The molecule has 0 saturated carbocycles. The highest BCUT2D eigenvalue weighted by Gasteiger charge is 2.19. The Morgan fingerprint density at radius 3 is 2.57 bits per heavy atom. The van der Waals surface area contributed by atoms with Crippen LogP contribution in [0.5, 0.6) is 11.5 Å². The molecule has 0 bridgehead atoms. The van der Waals surface area contributed by atoms with Gasteiger partial charge in [0, 0.05) is 15.9 Å². The molecule has 1 atom stereocenters. The van der Waals surface area contributed by atoms with Crippen LogP contribution in [0.25, 0.3) is 0 Å². The van der Waals surface area contributed by atoms with Crippen molar-refractivity contribution in [1.29, 1.82) is 0 Å². The Bertz CT molecular complexity index is 663. The number of alkyl halides is 1. The molecule has 0 spiro atoms. The zero-order valence-corrected chi connectivity index (χ0v) is 13.5. The second kappa shape index (κ2) is 6.24. The predicted octanol–water partition coefficient (Wildman–Crippen LogP) is 4.93. The number of hydrogen-bond acceptors (Lipinski definition) is 2. The van der Waals surface area contributed by atoms with Crippen molar-refractivity contribution in [2.24, 2.45) is 0 Å². The van der Waals surface area contributed by atoms with E-state index in [0.717, 1.165) is 11.1 Å². The molecular formula is C16H13BrClFO2. The lowest BCUT2D eigenvalue weighted by Gasteiger charge is -2.21. The quantitative estimate of drug-likeness (QED) is 0.712. The molecule has 0 N–H and O–H groups in total. The molecule has 0 aliphatic carbocycles. The first-order valence-electron chi connectivity index (χ1n) is 6.61. The first-order valence-corrected chi connectivity index (χ1v) is 7.90. The standard InChI is InChI=1S/C16H13BrClFO2/c17-13(7-10-2-1-3-11(19)6-10)12-8-15-16(9-14(12)18)21-5-4-20-15/h1-3,6,8-9,13H,4-5,7H2. The van der Waals surface area contributed by atoms with Gasteiger partial charge in [-0.25, -0.2) is 4.39 Å². The molecule has 5 heteroatoms. The van der Waals surface area contributed by atoms with Crippen LogP contribution < -0.4 is 9.47 Å². The van der Waals surface area contributed by atoms with Crippen molar-refractivity contribution in [3.8, 4) is 11.5 Å². The summed E-state index contributed by atoms with van der Waals surface area (Å²) in [4.78, 5) is -0.0253. The zero-order chi connectivity index (χ0) is 14.8. The molecule has 0 saturated heterocycles. The lowest BCUT2D eigenvalue weighted by molar-refractivity contribution is 0.171. The van der Waals surface area contributed by atoms with E-state index < -0.39 is 0 Å². The molecule has 1 unspecified atom stereocenters. The Kier molecular flexibility index (Phi) is 4.36. The van der Waals surface area contributed by atoms with Crippen molar-refractivity contribution in [3.05, 3.63) is 58.4 Å². The average molecular weight is 372 g/mol. The number of hydrogen-bond donors (Lipinski definition) is 0. The van der Waals surface area contributed by atoms with Crippen LogP contribution in [-0.2, 0) is 6.42 Å². The number of benzene rings is 2.